The van der Waals surface area contributed by atoms with Gasteiger partial charge in [0, 0.05) is 24.4 Å². The number of aliphatic carboxylic acids is 1. The molecule has 2 aromatic heterocycles. The van der Waals surface area contributed by atoms with Crippen molar-refractivity contribution in [2.75, 3.05) is 0 Å². The number of rotatable bonds is 5. The van der Waals surface area contributed by atoms with Crippen LogP contribution in [0.15, 0.2) is 53.0 Å². The summed E-state index contributed by atoms with van der Waals surface area (Å²) in [7, 11) is 0. The fraction of sp³-hybridized carbons (Fsp3) is 0.0714. The molecular formula is C14H11NO5. The van der Waals surface area contributed by atoms with Crippen LogP contribution in [0.4, 0.5) is 0 Å². The highest BCUT2D eigenvalue weighted by atomic mass is 16.4. The fourth-order valence-corrected chi connectivity index (χ4v) is 1.55. The van der Waals surface area contributed by atoms with Crippen molar-refractivity contribution < 1.29 is 24.2 Å². The molecule has 0 saturated carbocycles. The quantitative estimate of drug-likeness (QED) is 0.490. The van der Waals surface area contributed by atoms with Crippen LogP contribution < -0.4 is 0 Å². The Morgan fingerprint density at radius 3 is 2.75 bits per heavy atom. The molecule has 2 rings (SSSR count). The summed E-state index contributed by atoms with van der Waals surface area (Å²) >= 11 is 0. The molecule has 102 valence electrons. The summed E-state index contributed by atoms with van der Waals surface area (Å²) in [5.74, 6) is -2.69. The molecule has 0 aliphatic heterocycles. The van der Waals surface area contributed by atoms with Gasteiger partial charge in [-0.3, -0.25) is 9.78 Å². The van der Waals surface area contributed by atoms with Crippen LogP contribution in [-0.4, -0.2) is 26.9 Å². The molecule has 0 aliphatic rings. The highest BCUT2D eigenvalue weighted by molar-refractivity contribution is 6.07. The molecule has 0 fully saturated rings. The predicted molar refractivity (Wildman–Crippen MR) is 68.4 cm³/mol. The van der Waals surface area contributed by atoms with Gasteiger partial charge in [0.05, 0.1) is 5.56 Å². The second-order valence-corrected chi connectivity index (χ2v) is 4.00. The number of carbonyl (C=O) groups excluding carboxylic acids is 1. The van der Waals surface area contributed by atoms with E-state index in [9.17, 15) is 9.59 Å². The predicted octanol–water partition coefficient (Wildman–Crippen LogP) is 1.97. The number of furan rings is 1. The van der Waals surface area contributed by atoms with Gasteiger partial charge in [0.2, 0.25) is 5.76 Å². The van der Waals surface area contributed by atoms with E-state index in [1.54, 1.807) is 12.3 Å². The monoisotopic (exact) mass is 273 g/mol. The van der Waals surface area contributed by atoms with E-state index in [1.807, 2.05) is 12.1 Å². The van der Waals surface area contributed by atoms with E-state index < -0.39 is 17.5 Å². The van der Waals surface area contributed by atoms with Gasteiger partial charge in [0.15, 0.2) is 5.78 Å². The number of carbonyl (C=O) groups is 2. The van der Waals surface area contributed by atoms with E-state index in [-0.39, 0.29) is 5.56 Å². The van der Waals surface area contributed by atoms with Crippen molar-refractivity contribution in [3.8, 4) is 0 Å². The number of ketones is 1. The number of hydrogen-bond donors (Lipinski definition) is 2. The zero-order chi connectivity index (χ0) is 14.5. The van der Waals surface area contributed by atoms with E-state index in [0.717, 1.165) is 5.69 Å². The van der Waals surface area contributed by atoms with E-state index in [4.69, 9.17) is 14.6 Å². The summed E-state index contributed by atoms with van der Waals surface area (Å²) < 4.78 is 5.21. The first-order valence-corrected chi connectivity index (χ1v) is 5.72. The Morgan fingerprint density at radius 2 is 2.10 bits per heavy atom. The van der Waals surface area contributed by atoms with Crippen LogP contribution in [0.3, 0.4) is 0 Å². The van der Waals surface area contributed by atoms with Crippen LogP contribution >= 0.6 is 0 Å². The van der Waals surface area contributed by atoms with Crippen LogP contribution in [0.2, 0.25) is 0 Å². The lowest BCUT2D eigenvalue weighted by Crippen LogP contribution is -2.03. The highest BCUT2D eigenvalue weighted by Gasteiger charge is 2.12. The van der Waals surface area contributed by atoms with Crippen LogP contribution in [-0.2, 0) is 11.2 Å². The highest BCUT2D eigenvalue weighted by Crippen LogP contribution is 2.13. The number of carboxylic acids is 1. The number of pyridine rings is 1. The molecule has 6 heteroatoms. The first-order chi connectivity index (χ1) is 9.56. The normalized spacial score (nSPS) is 11.3. The fourth-order valence-electron chi connectivity index (χ4n) is 1.55. The molecule has 0 unspecified atom stereocenters. The average molecular weight is 273 g/mol. The number of nitrogens with zero attached hydrogens (tertiary/aromatic N) is 1. The van der Waals surface area contributed by atoms with E-state index >= 15 is 0 Å². The number of aliphatic hydroxyl groups is 1. The maximum atomic E-state index is 11.6. The first-order valence-electron chi connectivity index (χ1n) is 5.72. The minimum Gasteiger partial charge on any atom is -0.502 e. The SMILES string of the molecule is O=C(O)C(O)=CC(=O)c1coc(Cc2ccccn2)c1. The van der Waals surface area contributed by atoms with Crippen molar-refractivity contribution in [2.24, 2.45) is 0 Å². The molecule has 0 aromatic carbocycles. The molecule has 0 atom stereocenters. The Labute approximate surface area is 114 Å². The third kappa shape index (κ3) is 3.32. The summed E-state index contributed by atoms with van der Waals surface area (Å²) in [6, 6.07) is 6.94. The minimum atomic E-state index is -1.56. The molecule has 0 aliphatic carbocycles. The van der Waals surface area contributed by atoms with Crippen molar-refractivity contribution in [1.82, 2.24) is 4.98 Å². The summed E-state index contributed by atoms with van der Waals surface area (Å²) in [6.07, 6.45) is 3.92. The topological polar surface area (TPSA) is 101 Å². The van der Waals surface area contributed by atoms with Gasteiger partial charge in [-0.25, -0.2) is 4.79 Å². The molecule has 0 radical (unpaired) electrons. The van der Waals surface area contributed by atoms with E-state index in [2.05, 4.69) is 4.98 Å². The van der Waals surface area contributed by atoms with Crippen LogP contribution in [0.5, 0.6) is 0 Å². The summed E-state index contributed by atoms with van der Waals surface area (Å²) in [6.45, 7) is 0. The minimum absolute atomic E-state index is 0.170. The molecule has 0 amide bonds. The lowest BCUT2D eigenvalue weighted by atomic mass is 10.1. The zero-order valence-electron chi connectivity index (χ0n) is 10.3. The van der Waals surface area contributed by atoms with Crippen molar-refractivity contribution in [3.05, 3.63) is 65.6 Å². The second kappa shape index (κ2) is 5.83. The van der Waals surface area contributed by atoms with Gasteiger partial charge >= 0.3 is 5.97 Å². The van der Waals surface area contributed by atoms with Crippen molar-refractivity contribution in [1.29, 1.82) is 0 Å². The number of aromatic nitrogens is 1. The van der Waals surface area contributed by atoms with Gasteiger partial charge in [0.25, 0.3) is 0 Å². The maximum Gasteiger partial charge on any atom is 0.371 e. The number of carboxylic acid groups (broad SMARTS) is 1. The molecule has 2 N–H and O–H groups in total. The molecule has 2 heterocycles. The van der Waals surface area contributed by atoms with E-state index in [0.29, 0.717) is 18.3 Å². The summed E-state index contributed by atoms with van der Waals surface area (Å²) in [5, 5.41) is 17.5. The standard InChI is InChI=1S/C14H11NO5/c16-12(7-13(17)14(18)19)9-5-11(20-8-9)6-10-3-1-2-4-15-10/h1-5,7-8,17H,6H2,(H,18,19). The molecule has 0 bridgehead atoms. The van der Waals surface area contributed by atoms with Gasteiger partial charge in [-0.05, 0) is 18.2 Å². The molecular weight excluding hydrogens is 262 g/mol. The first kappa shape index (κ1) is 13.5. The Morgan fingerprint density at radius 1 is 1.30 bits per heavy atom. The van der Waals surface area contributed by atoms with Crippen molar-refractivity contribution in [3.63, 3.8) is 0 Å². The number of aliphatic hydroxyl groups excluding tert-OH is 1. The molecule has 20 heavy (non-hydrogen) atoms. The molecule has 0 saturated heterocycles. The third-order valence-electron chi connectivity index (χ3n) is 2.51. The van der Waals surface area contributed by atoms with Gasteiger partial charge in [-0.1, -0.05) is 6.07 Å². The van der Waals surface area contributed by atoms with Crippen molar-refractivity contribution >= 4 is 11.8 Å². The smallest absolute Gasteiger partial charge is 0.371 e. The Bertz CT molecular complexity index is 657. The van der Waals surface area contributed by atoms with Gasteiger partial charge < -0.3 is 14.6 Å². The molecule has 6 nitrogen and oxygen atoms in total. The van der Waals surface area contributed by atoms with Crippen LogP contribution in [0.1, 0.15) is 21.8 Å². The molecule has 2 aromatic rings. The number of hydrogen-bond acceptors (Lipinski definition) is 5. The van der Waals surface area contributed by atoms with Gasteiger partial charge in [-0.2, -0.15) is 0 Å². The Balaban J connectivity index is 2.11. The van der Waals surface area contributed by atoms with Gasteiger partial charge in [-0.15, -0.1) is 0 Å². The van der Waals surface area contributed by atoms with Crippen molar-refractivity contribution in [2.45, 2.75) is 6.42 Å². The number of allylic oxidation sites excluding steroid dienone is 1. The lowest BCUT2D eigenvalue weighted by Gasteiger charge is -1.95. The molecule has 0 spiro atoms. The third-order valence-corrected chi connectivity index (χ3v) is 2.51. The maximum absolute atomic E-state index is 11.6. The van der Waals surface area contributed by atoms with Crippen LogP contribution in [0.25, 0.3) is 0 Å². The van der Waals surface area contributed by atoms with E-state index in [1.165, 1.54) is 12.3 Å². The second-order valence-electron chi connectivity index (χ2n) is 4.00. The van der Waals surface area contributed by atoms with Crippen LogP contribution in [0, 0.1) is 0 Å². The largest absolute Gasteiger partial charge is 0.502 e. The lowest BCUT2D eigenvalue weighted by molar-refractivity contribution is -0.135. The Hall–Kier alpha value is -2.89. The summed E-state index contributed by atoms with van der Waals surface area (Å²) in [4.78, 5) is 26.2. The van der Waals surface area contributed by atoms with Gasteiger partial charge in [0.1, 0.15) is 12.0 Å². The Kier molecular flexibility index (Phi) is 3.95. The zero-order valence-corrected chi connectivity index (χ0v) is 10.3. The summed E-state index contributed by atoms with van der Waals surface area (Å²) in [5.41, 5.74) is 0.952. The average Bonchev–Trinajstić information content (AvgIpc) is 2.88.